The number of nitrogens with zero attached hydrogens (tertiary/aromatic N) is 2. The molecule has 2 N–H and O–H groups in total. The molecule has 0 radical (unpaired) electrons. The van der Waals surface area contributed by atoms with Gasteiger partial charge in [-0.2, -0.15) is 5.10 Å². The normalized spacial score (nSPS) is 18.1. The molecule has 1 amide bonds. The Kier molecular flexibility index (Phi) is 6.54. The summed E-state index contributed by atoms with van der Waals surface area (Å²) in [6.45, 7) is 2.59. The second-order valence-electron chi connectivity index (χ2n) is 7.37. The second-order valence-corrected chi connectivity index (χ2v) is 7.37. The van der Waals surface area contributed by atoms with E-state index >= 15 is 0 Å². The first-order chi connectivity index (χ1) is 13.6. The number of carbonyl (C=O) groups is 2. The minimum absolute atomic E-state index is 0. The van der Waals surface area contributed by atoms with Crippen LogP contribution in [0.5, 0.6) is 0 Å². The molecule has 1 fully saturated rings. The van der Waals surface area contributed by atoms with Crippen molar-refractivity contribution in [3.8, 4) is 0 Å². The first-order valence-corrected chi connectivity index (χ1v) is 9.49. The minimum Gasteiger partial charge on any atom is -0.464 e. The molecule has 2 aliphatic heterocycles. The topological polar surface area (TPSA) is 87.3 Å². The molecule has 0 saturated carbocycles. The Balaban J connectivity index is 0.00000240. The van der Waals surface area contributed by atoms with E-state index in [0.717, 1.165) is 37.2 Å². The third-order valence-corrected chi connectivity index (χ3v) is 5.55. The van der Waals surface area contributed by atoms with Gasteiger partial charge in [0.1, 0.15) is 5.82 Å². The van der Waals surface area contributed by atoms with Crippen LogP contribution in [0.4, 0.5) is 4.39 Å². The Morgan fingerprint density at radius 3 is 2.93 bits per heavy atom. The Hall–Kier alpha value is -2.45. The quantitative estimate of drug-likeness (QED) is 0.737. The number of hydrogen-bond donors (Lipinski definition) is 2. The van der Waals surface area contributed by atoms with E-state index in [1.165, 1.54) is 13.2 Å². The van der Waals surface area contributed by atoms with Gasteiger partial charge in [-0.1, -0.05) is 6.07 Å². The lowest BCUT2D eigenvalue weighted by Gasteiger charge is -2.27. The van der Waals surface area contributed by atoms with E-state index in [0.29, 0.717) is 24.4 Å². The van der Waals surface area contributed by atoms with Crippen LogP contribution in [0.2, 0.25) is 0 Å². The molecule has 3 heterocycles. The zero-order chi connectivity index (χ0) is 19.7. The van der Waals surface area contributed by atoms with Gasteiger partial charge in [0.2, 0.25) is 0 Å². The summed E-state index contributed by atoms with van der Waals surface area (Å²) >= 11 is 0. The predicted molar refractivity (Wildman–Crippen MR) is 107 cm³/mol. The molecule has 1 atom stereocenters. The van der Waals surface area contributed by atoms with E-state index in [2.05, 4.69) is 15.5 Å². The number of esters is 1. The predicted octanol–water partition coefficient (Wildman–Crippen LogP) is 2.11. The molecule has 0 aliphatic carbocycles. The van der Waals surface area contributed by atoms with E-state index in [1.807, 2.05) is 0 Å². The fraction of sp³-hybridized carbons (Fsp3) is 0.450. The summed E-state index contributed by atoms with van der Waals surface area (Å²) in [4.78, 5) is 26.5. The Morgan fingerprint density at radius 2 is 2.21 bits per heavy atom. The molecule has 2 aliphatic rings. The average Bonchev–Trinajstić information content (AvgIpc) is 3.37. The molecule has 156 valence electrons. The average molecular weight is 423 g/mol. The van der Waals surface area contributed by atoms with Gasteiger partial charge in [-0.25, -0.2) is 9.18 Å². The summed E-state index contributed by atoms with van der Waals surface area (Å²) in [5.74, 6) is -0.930. The number of H-pyrrole nitrogens is 1. The fourth-order valence-electron chi connectivity index (χ4n) is 3.99. The molecule has 2 aromatic rings. The number of methoxy groups -OCH3 is 1. The SMILES string of the molecule is COC(=O)c1n[nH]c2c1CN(C(=O)c1cc(CC3CCNC3)ccc1F)CC2.Cl. The summed E-state index contributed by atoms with van der Waals surface area (Å²) in [6, 6.07) is 4.80. The van der Waals surface area contributed by atoms with Crippen molar-refractivity contribution in [2.24, 2.45) is 5.92 Å². The van der Waals surface area contributed by atoms with Gasteiger partial charge in [0.25, 0.3) is 5.91 Å². The monoisotopic (exact) mass is 422 g/mol. The number of hydrogen-bond acceptors (Lipinski definition) is 5. The van der Waals surface area contributed by atoms with Gasteiger partial charge in [0.05, 0.1) is 19.2 Å². The number of aromatic amines is 1. The van der Waals surface area contributed by atoms with Gasteiger partial charge < -0.3 is 15.0 Å². The van der Waals surface area contributed by atoms with Gasteiger partial charge in [0, 0.05) is 24.2 Å². The lowest BCUT2D eigenvalue weighted by Crippen LogP contribution is -2.36. The molecule has 1 aromatic heterocycles. The number of carbonyl (C=O) groups excluding carboxylic acids is 2. The van der Waals surface area contributed by atoms with Crippen LogP contribution in [0.25, 0.3) is 0 Å². The van der Waals surface area contributed by atoms with Crippen LogP contribution in [0, 0.1) is 11.7 Å². The van der Waals surface area contributed by atoms with E-state index in [-0.39, 0.29) is 36.1 Å². The van der Waals surface area contributed by atoms with Gasteiger partial charge in [-0.15, -0.1) is 12.4 Å². The maximum absolute atomic E-state index is 14.4. The zero-order valence-corrected chi connectivity index (χ0v) is 17.0. The molecule has 1 unspecified atom stereocenters. The van der Waals surface area contributed by atoms with Crippen molar-refractivity contribution in [3.63, 3.8) is 0 Å². The van der Waals surface area contributed by atoms with Crippen LogP contribution in [-0.2, 0) is 24.1 Å². The Bertz CT molecular complexity index is 911. The van der Waals surface area contributed by atoms with E-state index in [9.17, 15) is 14.0 Å². The van der Waals surface area contributed by atoms with Gasteiger partial charge >= 0.3 is 5.97 Å². The van der Waals surface area contributed by atoms with E-state index < -0.39 is 11.8 Å². The summed E-state index contributed by atoms with van der Waals surface area (Å²) in [5.41, 5.74) is 2.68. The third kappa shape index (κ3) is 4.28. The van der Waals surface area contributed by atoms with Crippen molar-refractivity contribution in [3.05, 3.63) is 52.1 Å². The number of amides is 1. The summed E-state index contributed by atoms with van der Waals surface area (Å²) in [5, 5.41) is 10.2. The standard InChI is InChI=1S/C20H23FN4O3.ClH/c1-28-20(27)18-15-11-25(7-5-17(15)23-24-18)19(26)14-9-12(2-3-16(14)21)8-13-4-6-22-10-13;/h2-3,9,13,22H,4-8,10-11H2,1H3,(H,23,24);1H. The second kappa shape index (κ2) is 8.92. The molecule has 29 heavy (non-hydrogen) atoms. The Labute approximate surface area is 174 Å². The van der Waals surface area contributed by atoms with Crippen LogP contribution in [0.15, 0.2) is 18.2 Å². The molecule has 9 heteroatoms. The van der Waals surface area contributed by atoms with Gasteiger partial charge in [0.15, 0.2) is 5.69 Å². The largest absolute Gasteiger partial charge is 0.464 e. The van der Waals surface area contributed by atoms with Crippen LogP contribution in [0.3, 0.4) is 0 Å². The smallest absolute Gasteiger partial charge is 0.358 e. The van der Waals surface area contributed by atoms with Gasteiger partial charge in [-0.05, 0) is 49.5 Å². The highest BCUT2D eigenvalue weighted by molar-refractivity contribution is 5.95. The molecule has 0 spiro atoms. The molecule has 1 aromatic carbocycles. The number of fused-ring (bicyclic) bond motifs is 1. The molecule has 4 rings (SSSR count). The van der Waals surface area contributed by atoms with Crippen LogP contribution >= 0.6 is 12.4 Å². The highest BCUT2D eigenvalue weighted by Crippen LogP contribution is 2.24. The first kappa shape index (κ1) is 21.3. The van der Waals surface area contributed by atoms with Crippen molar-refractivity contribution in [2.75, 3.05) is 26.7 Å². The van der Waals surface area contributed by atoms with Crippen molar-refractivity contribution >= 4 is 24.3 Å². The number of aromatic nitrogens is 2. The van der Waals surface area contributed by atoms with Crippen molar-refractivity contribution < 1.29 is 18.7 Å². The maximum atomic E-state index is 14.4. The van der Waals surface area contributed by atoms with E-state index in [1.54, 1.807) is 17.0 Å². The number of nitrogens with one attached hydrogen (secondary N) is 2. The number of benzene rings is 1. The maximum Gasteiger partial charge on any atom is 0.358 e. The summed E-state index contributed by atoms with van der Waals surface area (Å²) in [7, 11) is 1.29. The molecular formula is C20H24ClFN4O3. The highest BCUT2D eigenvalue weighted by atomic mass is 35.5. The summed E-state index contributed by atoms with van der Waals surface area (Å²) in [6.07, 6.45) is 2.44. The van der Waals surface area contributed by atoms with Crippen LogP contribution in [-0.4, -0.2) is 53.7 Å². The molecule has 7 nitrogen and oxygen atoms in total. The van der Waals surface area contributed by atoms with Crippen LogP contribution in [0.1, 0.15) is 44.1 Å². The fourth-order valence-corrected chi connectivity index (χ4v) is 3.99. The Morgan fingerprint density at radius 1 is 1.38 bits per heavy atom. The molecule has 1 saturated heterocycles. The van der Waals surface area contributed by atoms with E-state index in [4.69, 9.17) is 4.74 Å². The lowest BCUT2D eigenvalue weighted by atomic mass is 9.96. The summed E-state index contributed by atoms with van der Waals surface area (Å²) < 4.78 is 19.2. The molecular weight excluding hydrogens is 399 g/mol. The minimum atomic E-state index is -0.551. The number of ether oxygens (including phenoxy) is 1. The zero-order valence-electron chi connectivity index (χ0n) is 16.2. The highest BCUT2D eigenvalue weighted by Gasteiger charge is 2.30. The van der Waals surface area contributed by atoms with Crippen molar-refractivity contribution in [2.45, 2.75) is 25.8 Å². The van der Waals surface area contributed by atoms with Crippen LogP contribution < -0.4 is 5.32 Å². The number of halogens is 2. The molecule has 0 bridgehead atoms. The lowest BCUT2D eigenvalue weighted by molar-refractivity contribution is 0.0586. The van der Waals surface area contributed by atoms with Crippen molar-refractivity contribution in [1.82, 2.24) is 20.4 Å². The van der Waals surface area contributed by atoms with Crippen molar-refractivity contribution in [1.29, 1.82) is 0 Å². The third-order valence-electron chi connectivity index (χ3n) is 5.55. The number of rotatable bonds is 4. The first-order valence-electron chi connectivity index (χ1n) is 9.49. The van der Waals surface area contributed by atoms with Gasteiger partial charge in [-0.3, -0.25) is 9.89 Å².